The van der Waals surface area contributed by atoms with E-state index in [-0.39, 0.29) is 5.69 Å². The highest BCUT2D eigenvalue weighted by Crippen LogP contribution is 2.24. The Kier molecular flexibility index (Phi) is 6.46. The summed E-state index contributed by atoms with van der Waals surface area (Å²) in [6, 6.07) is 15.2. The van der Waals surface area contributed by atoms with Gasteiger partial charge in [0.2, 0.25) is 0 Å². The van der Waals surface area contributed by atoms with Gasteiger partial charge in [-0.2, -0.15) is 0 Å². The fourth-order valence-electron chi connectivity index (χ4n) is 3.84. The third-order valence-corrected chi connectivity index (χ3v) is 5.49. The van der Waals surface area contributed by atoms with Gasteiger partial charge in [-0.3, -0.25) is 19.8 Å². The first-order valence-corrected chi connectivity index (χ1v) is 10.4. The lowest BCUT2D eigenvalue weighted by Gasteiger charge is -2.21. The highest BCUT2D eigenvalue weighted by Gasteiger charge is 2.30. The average molecular weight is 437 g/mol. The molecule has 1 atom stereocenters. The summed E-state index contributed by atoms with van der Waals surface area (Å²) >= 11 is 0. The Labute approximate surface area is 184 Å². The van der Waals surface area contributed by atoms with Gasteiger partial charge in [0.05, 0.1) is 11.5 Å². The highest BCUT2D eigenvalue weighted by atomic mass is 16.6. The summed E-state index contributed by atoms with van der Waals surface area (Å²) in [5, 5.41) is 24.2. The van der Waals surface area contributed by atoms with Gasteiger partial charge in [-0.1, -0.05) is 29.4 Å². The van der Waals surface area contributed by atoms with Crippen LogP contribution in [0.15, 0.2) is 59.1 Å². The molecule has 0 unspecified atom stereocenters. The summed E-state index contributed by atoms with van der Waals surface area (Å²) in [7, 11) is 0. The standard InChI is InChI=1S/C23H23N3O6/c27-23(28)22-5-2-11-25(22)15-16-6-8-19(9-7-16)31-12-10-20-14-21(24-32-20)17-3-1-4-18(13-17)26(29)30/h1,3-4,6-9,13-14,22H,2,5,10-12,15H2,(H,27,28)/t22-/m1/s1. The van der Waals surface area contributed by atoms with E-state index in [1.165, 1.54) is 12.1 Å². The van der Waals surface area contributed by atoms with Crippen LogP contribution in [0.5, 0.6) is 5.75 Å². The van der Waals surface area contributed by atoms with E-state index in [1.54, 1.807) is 18.2 Å². The zero-order chi connectivity index (χ0) is 22.5. The van der Waals surface area contributed by atoms with E-state index in [9.17, 15) is 20.0 Å². The predicted octanol–water partition coefficient (Wildman–Crippen LogP) is 3.92. The van der Waals surface area contributed by atoms with E-state index in [4.69, 9.17) is 9.26 Å². The number of aliphatic carboxylic acids is 1. The zero-order valence-corrected chi connectivity index (χ0v) is 17.3. The van der Waals surface area contributed by atoms with E-state index in [2.05, 4.69) is 5.16 Å². The second-order valence-electron chi connectivity index (χ2n) is 7.70. The van der Waals surface area contributed by atoms with Crippen molar-refractivity contribution < 1.29 is 24.1 Å². The van der Waals surface area contributed by atoms with E-state index in [1.807, 2.05) is 29.2 Å². The van der Waals surface area contributed by atoms with Crippen molar-refractivity contribution in [3.63, 3.8) is 0 Å². The Bertz CT molecular complexity index is 1100. The van der Waals surface area contributed by atoms with E-state index in [0.29, 0.717) is 48.8 Å². The second kappa shape index (κ2) is 9.61. The van der Waals surface area contributed by atoms with Crippen molar-refractivity contribution >= 4 is 11.7 Å². The molecule has 2 heterocycles. The molecule has 9 nitrogen and oxygen atoms in total. The van der Waals surface area contributed by atoms with Gasteiger partial charge in [-0.25, -0.2) is 0 Å². The molecule has 166 valence electrons. The number of carboxylic acid groups (broad SMARTS) is 1. The summed E-state index contributed by atoms with van der Waals surface area (Å²) in [6.07, 6.45) is 2.10. The molecule has 0 amide bonds. The van der Waals surface area contributed by atoms with E-state index < -0.39 is 16.9 Å². The van der Waals surface area contributed by atoms with Crippen molar-refractivity contribution in [3.8, 4) is 17.0 Å². The Morgan fingerprint density at radius 2 is 2.06 bits per heavy atom. The molecule has 1 fully saturated rings. The maximum Gasteiger partial charge on any atom is 0.320 e. The van der Waals surface area contributed by atoms with Crippen molar-refractivity contribution in [1.82, 2.24) is 10.1 Å². The van der Waals surface area contributed by atoms with Crippen LogP contribution in [0.4, 0.5) is 5.69 Å². The number of likely N-dealkylation sites (tertiary alicyclic amines) is 1. The first kappa shape index (κ1) is 21.5. The Morgan fingerprint density at radius 1 is 1.25 bits per heavy atom. The topological polar surface area (TPSA) is 119 Å². The van der Waals surface area contributed by atoms with Crippen molar-refractivity contribution in [1.29, 1.82) is 0 Å². The van der Waals surface area contributed by atoms with Crippen LogP contribution in [0, 0.1) is 10.1 Å². The Morgan fingerprint density at radius 3 is 2.81 bits per heavy atom. The summed E-state index contributed by atoms with van der Waals surface area (Å²) in [5.74, 6) is 0.573. The number of rotatable bonds is 9. The largest absolute Gasteiger partial charge is 0.493 e. The smallest absolute Gasteiger partial charge is 0.320 e. The molecular formula is C23H23N3O6. The third kappa shape index (κ3) is 5.12. The number of hydrogen-bond acceptors (Lipinski definition) is 7. The zero-order valence-electron chi connectivity index (χ0n) is 17.3. The van der Waals surface area contributed by atoms with Gasteiger partial charge in [0.25, 0.3) is 5.69 Å². The molecule has 1 aliphatic heterocycles. The molecule has 0 bridgehead atoms. The monoisotopic (exact) mass is 437 g/mol. The molecule has 0 aliphatic carbocycles. The summed E-state index contributed by atoms with van der Waals surface area (Å²) < 4.78 is 11.1. The minimum absolute atomic E-state index is 0.00189. The molecular weight excluding hydrogens is 414 g/mol. The molecule has 1 aromatic heterocycles. The number of nitro benzene ring substituents is 1. The number of carbonyl (C=O) groups is 1. The first-order chi connectivity index (χ1) is 15.5. The van der Waals surface area contributed by atoms with Crippen LogP contribution in [-0.4, -0.2) is 45.2 Å². The SMILES string of the molecule is O=C(O)[C@H]1CCCN1Cc1ccc(OCCc2cc(-c3cccc([N+](=O)[O-])c3)no2)cc1. The fraction of sp³-hybridized carbons (Fsp3) is 0.304. The van der Waals surface area contributed by atoms with Crippen LogP contribution >= 0.6 is 0 Å². The number of non-ortho nitro benzene ring substituents is 1. The minimum Gasteiger partial charge on any atom is -0.493 e. The van der Waals surface area contributed by atoms with Gasteiger partial charge in [0, 0.05) is 36.7 Å². The molecule has 0 spiro atoms. The number of aromatic nitrogens is 1. The molecule has 9 heteroatoms. The molecule has 4 rings (SSSR count). The van der Waals surface area contributed by atoms with Gasteiger partial charge in [0.1, 0.15) is 23.2 Å². The Hall–Kier alpha value is -3.72. The average Bonchev–Trinajstić information content (AvgIpc) is 3.45. The van der Waals surface area contributed by atoms with Crippen molar-refractivity contribution in [2.24, 2.45) is 0 Å². The second-order valence-corrected chi connectivity index (χ2v) is 7.70. The molecule has 1 aliphatic rings. The number of carboxylic acids is 1. The predicted molar refractivity (Wildman–Crippen MR) is 115 cm³/mol. The lowest BCUT2D eigenvalue weighted by Crippen LogP contribution is -2.35. The highest BCUT2D eigenvalue weighted by molar-refractivity contribution is 5.73. The van der Waals surface area contributed by atoms with Crippen LogP contribution in [0.3, 0.4) is 0 Å². The van der Waals surface area contributed by atoms with E-state index in [0.717, 1.165) is 18.5 Å². The molecule has 0 saturated carbocycles. The lowest BCUT2D eigenvalue weighted by atomic mass is 10.1. The summed E-state index contributed by atoms with van der Waals surface area (Å²) in [4.78, 5) is 23.8. The minimum atomic E-state index is -0.761. The number of hydrogen-bond donors (Lipinski definition) is 1. The van der Waals surface area contributed by atoms with Gasteiger partial charge in [-0.15, -0.1) is 0 Å². The van der Waals surface area contributed by atoms with Crippen LogP contribution in [-0.2, 0) is 17.8 Å². The molecule has 2 aromatic carbocycles. The molecule has 32 heavy (non-hydrogen) atoms. The van der Waals surface area contributed by atoms with Crippen LogP contribution in [0.25, 0.3) is 11.3 Å². The van der Waals surface area contributed by atoms with Crippen molar-refractivity contribution in [2.45, 2.75) is 31.8 Å². The van der Waals surface area contributed by atoms with Gasteiger partial charge < -0.3 is 14.4 Å². The number of nitro groups is 1. The maximum absolute atomic E-state index is 11.3. The first-order valence-electron chi connectivity index (χ1n) is 10.4. The van der Waals surface area contributed by atoms with E-state index >= 15 is 0 Å². The lowest BCUT2D eigenvalue weighted by molar-refractivity contribution is -0.384. The van der Waals surface area contributed by atoms with Gasteiger partial charge >= 0.3 is 5.97 Å². The number of ether oxygens (including phenoxy) is 1. The summed E-state index contributed by atoms with van der Waals surface area (Å²) in [5.41, 5.74) is 2.20. The van der Waals surface area contributed by atoms with Gasteiger partial charge in [0.15, 0.2) is 0 Å². The third-order valence-electron chi connectivity index (χ3n) is 5.49. The number of benzene rings is 2. The van der Waals surface area contributed by atoms with Gasteiger partial charge in [-0.05, 0) is 37.1 Å². The van der Waals surface area contributed by atoms with Crippen molar-refractivity contribution in [2.75, 3.05) is 13.2 Å². The quantitative estimate of drug-likeness (QED) is 0.395. The van der Waals surface area contributed by atoms with Crippen LogP contribution in [0.1, 0.15) is 24.2 Å². The Balaban J connectivity index is 1.28. The molecule has 0 radical (unpaired) electrons. The van der Waals surface area contributed by atoms with Crippen LogP contribution < -0.4 is 4.74 Å². The fourth-order valence-corrected chi connectivity index (χ4v) is 3.84. The normalized spacial score (nSPS) is 16.2. The maximum atomic E-state index is 11.3. The molecule has 3 aromatic rings. The number of nitrogens with zero attached hydrogens (tertiary/aromatic N) is 3. The van der Waals surface area contributed by atoms with Crippen LogP contribution in [0.2, 0.25) is 0 Å². The molecule has 1 N–H and O–H groups in total. The molecule has 1 saturated heterocycles. The van der Waals surface area contributed by atoms with Crippen molar-refractivity contribution in [3.05, 3.63) is 76.0 Å². The summed E-state index contributed by atoms with van der Waals surface area (Å²) in [6.45, 7) is 1.79.